The summed E-state index contributed by atoms with van der Waals surface area (Å²) in [5, 5.41) is 13.5. The Balaban J connectivity index is 2.24. The number of hydrogen-bond acceptors (Lipinski definition) is 8. The molecule has 1 aromatic carbocycles. The van der Waals surface area contributed by atoms with Crippen molar-refractivity contribution in [2.75, 3.05) is 38.1 Å². The smallest absolute Gasteiger partial charge is 0.346 e. The fourth-order valence-electron chi connectivity index (χ4n) is 3.81. The van der Waals surface area contributed by atoms with Gasteiger partial charge in [-0.15, -0.1) is 0 Å². The number of piperidine rings is 1. The van der Waals surface area contributed by atoms with E-state index in [2.05, 4.69) is 15.3 Å². The van der Waals surface area contributed by atoms with E-state index in [9.17, 15) is 9.90 Å². The van der Waals surface area contributed by atoms with Gasteiger partial charge in [0.05, 0.1) is 0 Å². The van der Waals surface area contributed by atoms with Crippen LogP contribution < -0.4 is 10.2 Å². The first kappa shape index (κ1) is 20.0. The van der Waals surface area contributed by atoms with Gasteiger partial charge in [0.2, 0.25) is 5.95 Å². The Morgan fingerprint density at radius 1 is 1.14 bits per heavy atom. The van der Waals surface area contributed by atoms with E-state index >= 15 is 0 Å². The van der Waals surface area contributed by atoms with Crippen molar-refractivity contribution in [2.45, 2.75) is 24.0 Å². The molecule has 2 N–H and O–H groups in total. The maximum Gasteiger partial charge on any atom is 0.346 e. The summed E-state index contributed by atoms with van der Waals surface area (Å²) >= 11 is 0. The molecule has 0 amide bonds. The van der Waals surface area contributed by atoms with Gasteiger partial charge >= 0.3 is 5.97 Å². The van der Waals surface area contributed by atoms with E-state index in [0.717, 1.165) is 0 Å². The van der Waals surface area contributed by atoms with Gasteiger partial charge in [-0.05, 0) is 24.6 Å². The first-order chi connectivity index (χ1) is 13.6. The molecule has 3 unspecified atom stereocenters. The van der Waals surface area contributed by atoms with E-state index in [-0.39, 0.29) is 0 Å². The number of carbonyl (C=O) groups is 1. The third kappa shape index (κ3) is 2.97. The first-order valence-electron chi connectivity index (χ1n) is 8.80. The largest absolute Gasteiger partial charge is 0.479 e. The predicted octanol–water partition coefficient (Wildman–Crippen LogP) is 1.58. The van der Waals surface area contributed by atoms with Crippen LogP contribution >= 0.6 is 0 Å². The minimum Gasteiger partial charge on any atom is -0.479 e. The normalized spacial score (nSPS) is 27.4. The molecule has 0 saturated carbocycles. The van der Waals surface area contributed by atoms with Gasteiger partial charge in [-0.3, -0.25) is 4.90 Å². The van der Waals surface area contributed by atoms with E-state index in [1.807, 2.05) is 30.3 Å². The van der Waals surface area contributed by atoms with Crippen LogP contribution in [0.3, 0.4) is 0 Å². The van der Waals surface area contributed by atoms with Crippen molar-refractivity contribution in [1.82, 2.24) is 9.97 Å². The average molecular weight is 388 g/mol. The summed E-state index contributed by atoms with van der Waals surface area (Å²) in [6, 6.07) is 10.8. The highest BCUT2D eigenvalue weighted by Gasteiger charge is 2.70. The third-order valence-corrected chi connectivity index (χ3v) is 5.05. The number of nitrogens with zero attached hydrogens (tertiary/aromatic N) is 3. The highest BCUT2D eigenvalue weighted by atomic mass is 16.6. The monoisotopic (exact) mass is 388 g/mol. The molecule has 1 aliphatic heterocycles. The zero-order valence-electron chi connectivity index (χ0n) is 16.0. The molecular weight excluding hydrogens is 364 g/mol. The summed E-state index contributed by atoms with van der Waals surface area (Å²) in [5.74, 6) is -2.60. The summed E-state index contributed by atoms with van der Waals surface area (Å²) in [6.07, 6.45) is 2.76. The van der Waals surface area contributed by atoms with Gasteiger partial charge in [-0.1, -0.05) is 18.2 Å². The number of aromatic nitrogens is 2. The molecule has 9 heteroatoms. The Labute approximate surface area is 163 Å². The topological polar surface area (TPSA) is 106 Å². The zero-order chi connectivity index (χ0) is 20.2. The SMILES string of the molecule is COC1CCN(c2ncccn2)C(Nc2ccccc2)(OC)C1(OC)C(=O)O. The molecule has 1 fully saturated rings. The Morgan fingerprint density at radius 3 is 2.36 bits per heavy atom. The second-order valence-electron chi connectivity index (χ2n) is 6.30. The minimum absolute atomic E-state index is 0.310. The van der Waals surface area contributed by atoms with Crippen molar-refractivity contribution >= 4 is 17.6 Å². The van der Waals surface area contributed by atoms with Gasteiger partial charge in [0.25, 0.3) is 11.4 Å². The average Bonchev–Trinajstić information content (AvgIpc) is 2.74. The number of carboxylic acid groups (broad SMARTS) is 1. The van der Waals surface area contributed by atoms with Gasteiger partial charge in [0.15, 0.2) is 0 Å². The number of benzene rings is 1. The second-order valence-corrected chi connectivity index (χ2v) is 6.30. The van der Waals surface area contributed by atoms with Crippen LogP contribution in [0.4, 0.5) is 11.6 Å². The third-order valence-electron chi connectivity index (χ3n) is 5.05. The van der Waals surface area contributed by atoms with Crippen molar-refractivity contribution in [2.24, 2.45) is 0 Å². The Kier molecular flexibility index (Phi) is 5.78. The van der Waals surface area contributed by atoms with Crippen LogP contribution in [0.25, 0.3) is 0 Å². The van der Waals surface area contributed by atoms with Crippen LogP contribution in [0.2, 0.25) is 0 Å². The van der Waals surface area contributed by atoms with Crippen molar-refractivity contribution in [3.8, 4) is 0 Å². The number of methoxy groups -OCH3 is 3. The van der Waals surface area contributed by atoms with E-state index in [4.69, 9.17) is 14.2 Å². The molecule has 0 spiro atoms. The Hall–Kier alpha value is -2.75. The van der Waals surface area contributed by atoms with Crippen LogP contribution in [0, 0.1) is 0 Å². The lowest BCUT2D eigenvalue weighted by molar-refractivity contribution is -0.243. The molecule has 28 heavy (non-hydrogen) atoms. The number of rotatable bonds is 7. The van der Waals surface area contributed by atoms with Crippen molar-refractivity contribution in [3.63, 3.8) is 0 Å². The first-order valence-corrected chi connectivity index (χ1v) is 8.80. The molecule has 1 aliphatic rings. The van der Waals surface area contributed by atoms with Crippen LogP contribution in [0.5, 0.6) is 0 Å². The number of aliphatic carboxylic acids is 1. The molecule has 2 heterocycles. The van der Waals surface area contributed by atoms with Crippen molar-refractivity contribution in [1.29, 1.82) is 0 Å². The molecule has 9 nitrogen and oxygen atoms in total. The fourth-order valence-corrected chi connectivity index (χ4v) is 3.81. The maximum atomic E-state index is 12.6. The summed E-state index contributed by atoms with van der Waals surface area (Å²) in [5.41, 5.74) is -1.27. The van der Waals surface area contributed by atoms with E-state index in [1.165, 1.54) is 21.3 Å². The molecule has 1 aromatic heterocycles. The van der Waals surface area contributed by atoms with Crippen molar-refractivity contribution < 1.29 is 24.1 Å². The number of para-hydroxylation sites is 1. The second kappa shape index (κ2) is 8.09. The highest BCUT2D eigenvalue weighted by Crippen LogP contribution is 2.44. The molecular formula is C19H24N4O5. The predicted molar refractivity (Wildman–Crippen MR) is 102 cm³/mol. The molecule has 3 atom stereocenters. The number of hydrogen-bond donors (Lipinski definition) is 2. The number of ether oxygens (including phenoxy) is 3. The summed E-state index contributed by atoms with van der Waals surface area (Å²) in [6.45, 7) is 0.384. The van der Waals surface area contributed by atoms with E-state index in [0.29, 0.717) is 24.6 Å². The number of anilines is 2. The van der Waals surface area contributed by atoms with Crippen LogP contribution in [0.1, 0.15) is 6.42 Å². The standard InChI is InChI=1S/C19H24N4O5/c1-26-15-10-13-23(17-20-11-7-12-21-17)19(28-3,18(15,27-2)16(24)25)22-14-8-5-4-6-9-14/h4-9,11-12,15,22H,10,13H2,1-3H3,(H,24,25). The molecule has 0 radical (unpaired) electrons. The van der Waals surface area contributed by atoms with E-state index in [1.54, 1.807) is 23.4 Å². The Morgan fingerprint density at radius 2 is 1.82 bits per heavy atom. The van der Waals surface area contributed by atoms with E-state index < -0.39 is 23.5 Å². The van der Waals surface area contributed by atoms with Gasteiger partial charge in [-0.25, -0.2) is 14.8 Å². The van der Waals surface area contributed by atoms with Gasteiger partial charge in [-0.2, -0.15) is 0 Å². The lowest BCUT2D eigenvalue weighted by Crippen LogP contribution is -2.81. The summed E-state index contributed by atoms with van der Waals surface area (Å²) in [7, 11) is 4.20. The number of nitrogens with one attached hydrogen (secondary N) is 1. The molecule has 3 rings (SSSR count). The minimum atomic E-state index is -1.91. The van der Waals surface area contributed by atoms with Crippen LogP contribution in [-0.2, 0) is 19.0 Å². The molecule has 2 aromatic rings. The lowest BCUT2D eigenvalue weighted by atomic mass is 9.82. The van der Waals surface area contributed by atoms with Crippen LogP contribution in [-0.4, -0.2) is 66.5 Å². The molecule has 1 saturated heterocycles. The summed E-state index contributed by atoms with van der Waals surface area (Å²) < 4.78 is 17.1. The maximum absolute atomic E-state index is 12.6. The number of carboxylic acids is 1. The quantitative estimate of drug-likeness (QED) is 0.684. The molecule has 150 valence electrons. The lowest BCUT2D eigenvalue weighted by Gasteiger charge is -2.56. The van der Waals surface area contributed by atoms with Crippen LogP contribution in [0.15, 0.2) is 48.8 Å². The molecule has 0 aliphatic carbocycles. The highest BCUT2D eigenvalue weighted by molar-refractivity contribution is 5.83. The fraction of sp³-hybridized carbons (Fsp3) is 0.421. The zero-order valence-corrected chi connectivity index (χ0v) is 16.0. The van der Waals surface area contributed by atoms with Gasteiger partial charge < -0.3 is 24.6 Å². The van der Waals surface area contributed by atoms with Crippen molar-refractivity contribution in [3.05, 3.63) is 48.8 Å². The Bertz CT molecular complexity index is 793. The molecule has 0 bridgehead atoms. The van der Waals surface area contributed by atoms with Gasteiger partial charge in [0.1, 0.15) is 6.10 Å². The van der Waals surface area contributed by atoms with Gasteiger partial charge in [0, 0.05) is 46.0 Å². The summed E-state index contributed by atoms with van der Waals surface area (Å²) in [4.78, 5) is 22.9.